The van der Waals surface area contributed by atoms with Crippen molar-refractivity contribution in [2.24, 2.45) is 17.8 Å². The highest BCUT2D eigenvalue weighted by Gasteiger charge is 2.33. The van der Waals surface area contributed by atoms with E-state index in [1.165, 1.54) is 20.0 Å². The summed E-state index contributed by atoms with van der Waals surface area (Å²) in [4.78, 5) is 0. The molecule has 5 atom stereocenters. The Morgan fingerprint density at radius 3 is 2.81 bits per heavy atom. The van der Waals surface area contributed by atoms with Crippen LogP contribution >= 0.6 is 0 Å². The summed E-state index contributed by atoms with van der Waals surface area (Å²) >= 11 is 0. The van der Waals surface area contributed by atoms with Crippen LogP contribution in [0.1, 0.15) is 51.9 Å². The van der Waals surface area contributed by atoms with Gasteiger partial charge in [-0.05, 0) is 49.1 Å². The van der Waals surface area contributed by atoms with E-state index in [1.54, 1.807) is 12.1 Å². The van der Waals surface area contributed by atoms with Gasteiger partial charge in [0.25, 0.3) is 0 Å². The van der Waals surface area contributed by atoms with E-state index >= 15 is 0 Å². The molecule has 146 valence electrons. The molecule has 1 aliphatic heterocycles. The Hall–Kier alpha value is -1.30. The zero-order valence-electron chi connectivity index (χ0n) is 16.3. The molecule has 0 spiro atoms. The van der Waals surface area contributed by atoms with Crippen LogP contribution in [0.15, 0.2) is 18.2 Å². The normalized spacial score (nSPS) is 32.1. The highest BCUT2D eigenvalue weighted by Crippen LogP contribution is 2.39. The second-order valence-electron chi connectivity index (χ2n) is 7.99. The third kappa shape index (κ3) is 4.33. The van der Waals surface area contributed by atoms with Crippen molar-refractivity contribution in [1.29, 1.82) is 0 Å². The van der Waals surface area contributed by atoms with E-state index in [2.05, 4.69) is 20.8 Å². The predicted molar refractivity (Wildman–Crippen MR) is 99.3 cm³/mol. The van der Waals surface area contributed by atoms with Crippen molar-refractivity contribution in [1.82, 2.24) is 0 Å². The van der Waals surface area contributed by atoms with E-state index in [9.17, 15) is 5.11 Å². The summed E-state index contributed by atoms with van der Waals surface area (Å²) in [5.74, 6) is 2.54. The lowest BCUT2D eigenvalue weighted by molar-refractivity contribution is -0.0962. The SMILES string of the molecule is COc1cccc(C2OCC(COC3CC(C(C)C)CCC3C)O2)c1O. The molecule has 3 rings (SSSR count). The first kappa shape index (κ1) is 19.5. The fourth-order valence-corrected chi connectivity index (χ4v) is 3.97. The van der Waals surface area contributed by atoms with Crippen LogP contribution in [-0.4, -0.2) is 37.6 Å². The predicted octanol–water partition coefficient (Wildman–Crippen LogP) is 4.29. The largest absolute Gasteiger partial charge is 0.504 e. The Morgan fingerprint density at radius 1 is 1.27 bits per heavy atom. The summed E-state index contributed by atoms with van der Waals surface area (Å²) < 4.78 is 23.1. The van der Waals surface area contributed by atoms with Gasteiger partial charge < -0.3 is 24.1 Å². The molecule has 2 fully saturated rings. The van der Waals surface area contributed by atoms with Gasteiger partial charge in [-0.15, -0.1) is 0 Å². The Balaban J connectivity index is 1.53. The first-order chi connectivity index (χ1) is 12.5. The number of ether oxygens (including phenoxy) is 4. The molecule has 2 aliphatic rings. The fourth-order valence-electron chi connectivity index (χ4n) is 3.97. The van der Waals surface area contributed by atoms with E-state index < -0.39 is 6.29 Å². The summed E-state index contributed by atoms with van der Waals surface area (Å²) in [6, 6.07) is 5.33. The number of hydrogen-bond donors (Lipinski definition) is 1. The van der Waals surface area contributed by atoms with Crippen molar-refractivity contribution in [2.75, 3.05) is 20.3 Å². The molecule has 1 N–H and O–H groups in total. The highest BCUT2D eigenvalue weighted by molar-refractivity contribution is 5.46. The molecule has 5 nitrogen and oxygen atoms in total. The molecule has 0 aromatic heterocycles. The number of methoxy groups -OCH3 is 1. The van der Waals surface area contributed by atoms with Gasteiger partial charge in [-0.1, -0.05) is 26.8 Å². The van der Waals surface area contributed by atoms with E-state index in [4.69, 9.17) is 18.9 Å². The standard InChI is InChI=1S/C21H32O5/c1-13(2)15-9-8-14(3)19(10-15)24-11-16-12-25-21(26-16)17-6-5-7-18(23-4)20(17)22/h5-7,13-16,19,21-22H,8-12H2,1-4H3. The third-order valence-corrected chi connectivity index (χ3v) is 5.86. The molecule has 5 unspecified atom stereocenters. The van der Waals surface area contributed by atoms with Crippen molar-refractivity contribution in [2.45, 2.75) is 58.5 Å². The number of hydrogen-bond acceptors (Lipinski definition) is 5. The van der Waals surface area contributed by atoms with Crippen molar-refractivity contribution in [3.63, 3.8) is 0 Å². The third-order valence-electron chi connectivity index (χ3n) is 5.86. The first-order valence-corrected chi connectivity index (χ1v) is 9.74. The van der Waals surface area contributed by atoms with E-state index in [1.807, 2.05) is 6.07 Å². The van der Waals surface area contributed by atoms with Gasteiger partial charge in [-0.3, -0.25) is 0 Å². The summed E-state index contributed by atoms with van der Waals surface area (Å²) in [5, 5.41) is 10.3. The zero-order chi connectivity index (χ0) is 18.7. The molecule has 1 saturated heterocycles. The average molecular weight is 364 g/mol. The molecule has 1 aliphatic carbocycles. The minimum absolute atomic E-state index is 0.0715. The molecule has 0 amide bonds. The maximum absolute atomic E-state index is 10.3. The lowest BCUT2D eigenvalue weighted by Gasteiger charge is -2.36. The molecular weight excluding hydrogens is 332 g/mol. The average Bonchev–Trinajstić information content (AvgIpc) is 3.09. The van der Waals surface area contributed by atoms with Gasteiger partial charge in [0.1, 0.15) is 6.10 Å². The molecular formula is C21H32O5. The second kappa shape index (κ2) is 8.59. The minimum atomic E-state index is -0.578. The number of aromatic hydroxyl groups is 1. The minimum Gasteiger partial charge on any atom is -0.504 e. The smallest absolute Gasteiger partial charge is 0.188 e. The van der Waals surface area contributed by atoms with Gasteiger partial charge >= 0.3 is 0 Å². The maximum atomic E-state index is 10.3. The van der Waals surface area contributed by atoms with Crippen LogP contribution in [0.25, 0.3) is 0 Å². The topological polar surface area (TPSA) is 57.2 Å². The Labute approximate surface area is 156 Å². The Kier molecular flexibility index (Phi) is 6.43. The van der Waals surface area contributed by atoms with E-state index in [0.717, 1.165) is 12.3 Å². The summed E-state index contributed by atoms with van der Waals surface area (Å²) in [6.07, 6.45) is 3.27. The molecule has 0 bridgehead atoms. The lowest BCUT2D eigenvalue weighted by atomic mass is 9.76. The van der Waals surface area contributed by atoms with Gasteiger partial charge in [0, 0.05) is 0 Å². The number of para-hydroxylation sites is 1. The van der Waals surface area contributed by atoms with Gasteiger partial charge in [0.15, 0.2) is 17.8 Å². The second-order valence-corrected chi connectivity index (χ2v) is 7.99. The lowest BCUT2D eigenvalue weighted by Crippen LogP contribution is -2.34. The molecule has 1 saturated carbocycles. The van der Waals surface area contributed by atoms with Crippen molar-refractivity contribution < 1.29 is 24.1 Å². The van der Waals surface area contributed by atoms with Gasteiger partial charge in [0.2, 0.25) is 0 Å². The Morgan fingerprint density at radius 2 is 2.08 bits per heavy atom. The van der Waals surface area contributed by atoms with Gasteiger partial charge in [-0.2, -0.15) is 0 Å². The van der Waals surface area contributed by atoms with Crippen LogP contribution in [0.2, 0.25) is 0 Å². The van der Waals surface area contributed by atoms with Crippen molar-refractivity contribution in [3.8, 4) is 11.5 Å². The molecule has 1 heterocycles. The molecule has 26 heavy (non-hydrogen) atoms. The van der Waals surface area contributed by atoms with Crippen LogP contribution < -0.4 is 4.74 Å². The summed E-state index contributed by atoms with van der Waals surface area (Å²) in [7, 11) is 1.53. The number of phenols is 1. The number of phenolic OH excluding ortho intramolecular Hbond substituents is 1. The monoisotopic (exact) mass is 364 g/mol. The molecule has 1 aromatic carbocycles. The highest BCUT2D eigenvalue weighted by atomic mass is 16.7. The maximum Gasteiger partial charge on any atom is 0.188 e. The fraction of sp³-hybridized carbons (Fsp3) is 0.714. The van der Waals surface area contributed by atoms with Gasteiger partial charge in [0.05, 0.1) is 32.0 Å². The quantitative estimate of drug-likeness (QED) is 0.816. The summed E-state index contributed by atoms with van der Waals surface area (Å²) in [5.41, 5.74) is 0.595. The van der Waals surface area contributed by atoms with Gasteiger partial charge in [-0.25, -0.2) is 0 Å². The van der Waals surface area contributed by atoms with Crippen molar-refractivity contribution in [3.05, 3.63) is 23.8 Å². The van der Waals surface area contributed by atoms with Crippen LogP contribution in [0, 0.1) is 17.8 Å². The number of benzene rings is 1. The van der Waals surface area contributed by atoms with Crippen LogP contribution in [0.5, 0.6) is 11.5 Å². The molecule has 5 heteroatoms. The summed E-state index contributed by atoms with van der Waals surface area (Å²) in [6.45, 7) is 7.88. The van der Waals surface area contributed by atoms with E-state index in [-0.39, 0.29) is 11.9 Å². The Bertz CT molecular complexity index is 588. The zero-order valence-corrected chi connectivity index (χ0v) is 16.3. The van der Waals surface area contributed by atoms with Crippen LogP contribution in [0.3, 0.4) is 0 Å². The van der Waals surface area contributed by atoms with Crippen molar-refractivity contribution >= 4 is 0 Å². The molecule has 0 radical (unpaired) electrons. The van der Waals surface area contributed by atoms with Crippen LogP contribution in [0.4, 0.5) is 0 Å². The number of rotatable bonds is 6. The first-order valence-electron chi connectivity index (χ1n) is 9.74. The van der Waals surface area contributed by atoms with Crippen LogP contribution in [-0.2, 0) is 14.2 Å². The molecule has 1 aromatic rings. The van der Waals surface area contributed by atoms with E-state index in [0.29, 0.717) is 42.5 Å².